The normalized spacial score (nSPS) is 11.7. The maximum atomic E-state index is 12.0. The second-order valence-corrected chi connectivity index (χ2v) is 6.60. The van der Waals surface area contributed by atoms with Crippen molar-refractivity contribution in [2.24, 2.45) is 0 Å². The quantitative estimate of drug-likeness (QED) is 0.332. The molecule has 2 aromatic carbocycles. The molecule has 0 saturated heterocycles. The number of ether oxygens (including phenoxy) is 1. The number of nitro groups is 1. The number of rotatable bonds is 6. The van der Waals surface area contributed by atoms with Crippen molar-refractivity contribution >= 4 is 35.0 Å². The highest BCUT2D eigenvalue weighted by atomic mass is 35.5. The third-order valence-electron chi connectivity index (χ3n) is 2.99. The Morgan fingerprint density at radius 3 is 2.39 bits per heavy atom. The number of non-ortho nitro benzene ring substituents is 1. The Bertz CT molecular complexity index is 688. The predicted molar refractivity (Wildman–Crippen MR) is 89.7 cm³/mol. The van der Waals surface area contributed by atoms with E-state index in [9.17, 15) is 14.9 Å². The first-order chi connectivity index (χ1) is 11.0. The van der Waals surface area contributed by atoms with Gasteiger partial charge in [0.05, 0.1) is 4.92 Å². The number of carbonyl (C=O) groups is 1. The number of thioether (sulfide) groups is 1. The number of nitrogens with zero attached hydrogens (tertiary/aromatic N) is 1. The van der Waals surface area contributed by atoms with E-state index in [1.54, 1.807) is 43.3 Å². The minimum absolute atomic E-state index is 0.0207. The van der Waals surface area contributed by atoms with Crippen LogP contribution >= 0.6 is 23.4 Å². The molecule has 2 aromatic rings. The first-order valence-electron chi connectivity index (χ1n) is 6.78. The fourth-order valence-electron chi connectivity index (χ4n) is 1.75. The van der Waals surface area contributed by atoms with Crippen LogP contribution in [0.25, 0.3) is 0 Å². The summed E-state index contributed by atoms with van der Waals surface area (Å²) in [6.07, 6.45) is 0. The number of carbonyl (C=O) groups excluding carboxylic acids is 1. The molecule has 0 aromatic heterocycles. The number of hydrogen-bond donors (Lipinski definition) is 0. The highest BCUT2D eigenvalue weighted by Crippen LogP contribution is 2.26. The predicted octanol–water partition coefficient (Wildman–Crippen LogP) is 4.47. The molecule has 0 aliphatic rings. The first kappa shape index (κ1) is 17.3. The molecule has 23 heavy (non-hydrogen) atoms. The maximum Gasteiger partial charge on any atom is 0.319 e. The molecule has 0 amide bonds. The number of hydrogen-bond acceptors (Lipinski definition) is 5. The molecule has 0 aliphatic carbocycles. The minimum Gasteiger partial charge on any atom is -0.460 e. The van der Waals surface area contributed by atoms with Crippen LogP contribution in [0, 0.1) is 10.1 Å². The van der Waals surface area contributed by atoms with E-state index in [2.05, 4.69) is 0 Å². The molecule has 5 nitrogen and oxygen atoms in total. The van der Waals surface area contributed by atoms with Gasteiger partial charge in [-0.1, -0.05) is 23.7 Å². The third-order valence-corrected chi connectivity index (χ3v) is 4.33. The summed E-state index contributed by atoms with van der Waals surface area (Å²) in [4.78, 5) is 22.9. The number of nitro benzene ring substituents is 1. The van der Waals surface area contributed by atoms with Crippen molar-refractivity contribution in [3.63, 3.8) is 0 Å². The van der Waals surface area contributed by atoms with E-state index in [1.807, 2.05) is 0 Å². The molecule has 0 heterocycles. The van der Waals surface area contributed by atoms with Gasteiger partial charge in [-0.15, -0.1) is 11.8 Å². The van der Waals surface area contributed by atoms with Gasteiger partial charge in [0.2, 0.25) is 0 Å². The van der Waals surface area contributed by atoms with E-state index in [-0.39, 0.29) is 18.3 Å². The molecule has 0 N–H and O–H groups in total. The van der Waals surface area contributed by atoms with Crippen LogP contribution < -0.4 is 0 Å². The molecule has 0 aliphatic heterocycles. The molecule has 0 bridgehead atoms. The topological polar surface area (TPSA) is 69.4 Å². The molecular formula is C16H14ClNO4S. The van der Waals surface area contributed by atoms with Crippen LogP contribution in [0.2, 0.25) is 5.02 Å². The van der Waals surface area contributed by atoms with E-state index < -0.39 is 10.2 Å². The van der Waals surface area contributed by atoms with Gasteiger partial charge in [0.25, 0.3) is 5.69 Å². The van der Waals surface area contributed by atoms with Gasteiger partial charge in [-0.3, -0.25) is 14.9 Å². The SMILES string of the molecule is C[C@@H](Sc1ccc([N+](=O)[O-])cc1)C(=O)OCc1ccc(Cl)cc1. The molecule has 0 unspecified atom stereocenters. The standard InChI is InChI=1S/C16H14ClNO4S/c1-11(23-15-8-6-14(7-9-15)18(20)21)16(19)22-10-12-2-4-13(17)5-3-12/h2-9,11H,10H2,1H3/t11-/m1/s1. The number of benzene rings is 2. The van der Waals surface area contributed by atoms with Gasteiger partial charge in [0.15, 0.2) is 0 Å². The second-order valence-electron chi connectivity index (χ2n) is 4.75. The van der Waals surface area contributed by atoms with Crippen molar-refractivity contribution < 1.29 is 14.5 Å². The van der Waals surface area contributed by atoms with Crippen LogP contribution in [0.15, 0.2) is 53.4 Å². The average molecular weight is 352 g/mol. The van der Waals surface area contributed by atoms with E-state index in [1.165, 1.54) is 23.9 Å². The third kappa shape index (κ3) is 5.26. The average Bonchev–Trinajstić information content (AvgIpc) is 2.54. The number of esters is 1. The fourth-order valence-corrected chi connectivity index (χ4v) is 2.74. The Morgan fingerprint density at radius 1 is 1.22 bits per heavy atom. The van der Waals surface area contributed by atoms with Gasteiger partial charge in [-0.25, -0.2) is 0 Å². The van der Waals surface area contributed by atoms with Crippen LogP contribution in [-0.2, 0) is 16.1 Å². The van der Waals surface area contributed by atoms with Crippen molar-refractivity contribution in [1.29, 1.82) is 0 Å². The Balaban J connectivity index is 1.86. The highest BCUT2D eigenvalue weighted by molar-refractivity contribution is 8.00. The molecule has 0 radical (unpaired) electrons. The zero-order valence-electron chi connectivity index (χ0n) is 12.3. The summed E-state index contributed by atoms with van der Waals surface area (Å²) in [5, 5.41) is 10.8. The molecule has 1 atom stereocenters. The summed E-state index contributed by atoms with van der Waals surface area (Å²) < 4.78 is 5.25. The van der Waals surface area contributed by atoms with Crippen LogP contribution in [-0.4, -0.2) is 16.1 Å². The van der Waals surface area contributed by atoms with Crippen molar-refractivity contribution in [2.45, 2.75) is 23.7 Å². The maximum absolute atomic E-state index is 12.0. The van der Waals surface area contributed by atoms with Crippen LogP contribution in [0.5, 0.6) is 0 Å². The lowest BCUT2D eigenvalue weighted by molar-refractivity contribution is -0.384. The van der Waals surface area contributed by atoms with Crippen molar-refractivity contribution in [1.82, 2.24) is 0 Å². The lowest BCUT2D eigenvalue weighted by Gasteiger charge is -2.11. The molecule has 0 spiro atoms. The lowest BCUT2D eigenvalue weighted by atomic mass is 10.2. The molecule has 120 valence electrons. The van der Waals surface area contributed by atoms with Crippen LogP contribution in [0.3, 0.4) is 0 Å². The van der Waals surface area contributed by atoms with Gasteiger partial charge in [-0.05, 0) is 36.8 Å². The summed E-state index contributed by atoms with van der Waals surface area (Å²) in [6, 6.07) is 13.1. The largest absolute Gasteiger partial charge is 0.460 e. The fraction of sp³-hybridized carbons (Fsp3) is 0.188. The Morgan fingerprint density at radius 2 is 1.83 bits per heavy atom. The summed E-state index contributed by atoms with van der Waals surface area (Å²) in [5.74, 6) is -0.344. The van der Waals surface area contributed by atoms with E-state index >= 15 is 0 Å². The van der Waals surface area contributed by atoms with E-state index in [0.717, 1.165) is 10.5 Å². The van der Waals surface area contributed by atoms with Crippen LogP contribution in [0.1, 0.15) is 12.5 Å². The molecule has 0 fully saturated rings. The van der Waals surface area contributed by atoms with Crippen molar-refractivity contribution in [3.05, 3.63) is 69.2 Å². The van der Waals surface area contributed by atoms with Gasteiger partial charge in [-0.2, -0.15) is 0 Å². The summed E-state index contributed by atoms with van der Waals surface area (Å²) in [7, 11) is 0. The smallest absolute Gasteiger partial charge is 0.319 e. The summed E-state index contributed by atoms with van der Waals surface area (Å²) in [6.45, 7) is 1.91. The monoisotopic (exact) mass is 351 g/mol. The lowest BCUT2D eigenvalue weighted by Crippen LogP contribution is -2.16. The minimum atomic E-state index is -0.460. The highest BCUT2D eigenvalue weighted by Gasteiger charge is 2.16. The molecule has 2 rings (SSSR count). The zero-order valence-corrected chi connectivity index (χ0v) is 13.8. The van der Waals surface area contributed by atoms with Crippen molar-refractivity contribution in [3.8, 4) is 0 Å². The van der Waals surface area contributed by atoms with E-state index in [4.69, 9.17) is 16.3 Å². The summed E-state index contributed by atoms with van der Waals surface area (Å²) in [5.41, 5.74) is 0.877. The zero-order chi connectivity index (χ0) is 16.8. The molecule has 0 saturated carbocycles. The van der Waals surface area contributed by atoms with Gasteiger partial charge >= 0.3 is 5.97 Å². The van der Waals surface area contributed by atoms with Gasteiger partial charge < -0.3 is 4.74 Å². The van der Waals surface area contributed by atoms with Gasteiger partial charge in [0, 0.05) is 22.1 Å². The Labute approximate surface area is 142 Å². The van der Waals surface area contributed by atoms with Crippen molar-refractivity contribution in [2.75, 3.05) is 0 Å². The number of halogens is 1. The van der Waals surface area contributed by atoms with Gasteiger partial charge in [0.1, 0.15) is 11.9 Å². The first-order valence-corrected chi connectivity index (χ1v) is 8.03. The molecule has 7 heteroatoms. The Hall–Kier alpha value is -2.05. The second kappa shape index (κ2) is 7.99. The Kier molecular flexibility index (Phi) is 6.01. The van der Waals surface area contributed by atoms with E-state index in [0.29, 0.717) is 5.02 Å². The van der Waals surface area contributed by atoms with Crippen LogP contribution in [0.4, 0.5) is 5.69 Å². The summed E-state index contributed by atoms with van der Waals surface area (Å²) >= 11 is 7.08. The molecular weight excluding hydrogens is 338 g/mol.